The highest BCUT2D eigenvalue weighted by Gasteiger charge is 2.11. The van der Waals surface area contributed by atoms with E-state index in [2.05, 4.69) is 17.2 Å². The van der Waals surface area contributed by atoms with Crippen LogP contribution in [-0.4, -0.2) is 30.1 Å². The first-order valence-corrected chi connectivity index (χ1v) is 5.19. The Kier molecular flexibility index (Phi) is 5.01. The number of carbonyl (C=O) groups is 2. The zero-order valence-electron chi connectivity index (χ0n) is 9.57. The van der Waals surface area contributed by atoms with E-state index < -0.39 is 17.3 Å². The van der Waals surface area contributed by atoms with Crippen molar-refractivity contribution in [3.05, 3.63) is 42.2 Å². The van der Waals surface area contributed by atoms with Crippen LogP contribution in [0.3, 0.4) is 0 Å². The summed E-state index contributed by atoms with van der Waals surface area (Å²) in [5.41, 5.74) is -0.244. The molecular weight excluding hydrogens is 239 g/mol. The predicted molar refractivity (Wildman–Crippen MR) is 65.1 cm³/mol. The van der Waals surface area contributed by atoms with Crippen LogP contribution in [0.5, 0.6) is 0 Å². The Morgan fingerprint density at radius 2 is 2.17 bits per heavy atom. The van der Waals surface area contributed by atoms with Gasteiger partial charge in [-0.2, -0.15) is 0 Å². The van der Waals surface area contributed by atoms with Gasteiger partial charge in [-0.15, -0.1) is 6.58 Å². The molecule has 0 aliphatic rings. The Morgan fingerprint density at radius 1 is 1.44 bits per heavy atom. The van der Waals surface area contributed by atoms with Crippen molar-refractivity contribution >= 4 is 17.6 Å². The lowest BCUT2D eigenvalue weighted by Gasteiger charge is -2.06. The highest BCUT2D eigenvalue weighted by Crippen LogP contribution is 2.14. The van der Waals surface area contributed by atoms with Gasteiger partial charge in [-0.1, -0.05) is 6.08 Å². The van der Waals surface area contributed by atoms with E-state index >= 15 is 0 Å². The summed E-state index contributed by atoms with van der Waals surface area (Å²) in [5.74, 6) is -2.57. The van der Waals surface area contributed by atoms with Gasteiger partial charge in [0.25, 0.3) is 0 Å². The molecule has 96 valence electrons. The summed E-state index contributed by atoms with van der Waals surface area (Å²) in [4.78, 5) is 22.1. The molecule has 0 atom stereocenters. The smallest absolute Gasteiger partial charge is 0.338 e. The minimum Gasteiger partial charge on any atom is -0.478 e. The maximum absolute atomic E-state index is 13.1. The van der Waals surface area contributed by atoms with E-state index in [1.54, 1.807) is 6.08 Å². The third-order valence-electron chi connectivity index (χ3n) is 2.05. The normalized spacial score (nSPS) is 9.83. The highest BCUT2D eigenvalue weighted by molar-refractivity contribution is 5.94. The van der Waals surface area contributed by atoms with Crippen LogP contribution in [0.2, 0.25) is 0 Å². The maximum Gasteiger partial charge on any atom is 0.338 e. The Morgan fingerprint density at radius 3 is 2.78 bits per heavy atom. The highest BCUT2D eigenvalue weighted by atomic mass is 19.1. The minimum absolute atomic E-state index is 0.0613. The number of carbonyl (C=O) groups excluding carboxylic acids is 1. The van der Waals surface area contributed by atoms with Crippen molar-refractivity contribution in [3.63, 3.8) is 0 Å². The number of rotatable bonds is 6. The van der Waals surface area contributed by atoms with Crippen molar-refractivity contribution in [2.45, 2.75) is 0 Å². The average Bonchev–Trinajstić information content (AvgIpc) is 2.31. The summed E-state index contributed by atoms with van der Waals surface area (Å²) in [6, 6.07) is 3.37. The molecule has 0 heterocycles. The third-order valence-corrected chi connectivity index (χ3v) is 2.05. The molecule has 1 amide bonds. The lowest BCUT2D eigenvalue weighted by atomic mass is 10.2. The van der Waals surface area contributed by atoms with E-state index in [0.29, 0.717) is 6.54 Å². The first kappa shape index (κ1) is 13.9. The Bertz CT molecular complexity index is 474. The van der Waals surface area contributed by atoms with E-state index in [0.717, 1.165) is 12.1 Å². The molecule has 0 saturated carbocycles. The molecule has 0 unspecified atom stereocenters. The number of hydrogen-bond acceptors (Lipinski definition) is 3. The van der Waals surface area contributed by atoms with Gasteiger partial charge in [0, 0.05) is 12.2 Å². The van der Waals surface area contributed by atoms with Crippen LogP contribution in [0.15, 0.2) is 30.9 Å². The minimum atomic E-state index is -1.38. The van der Waals surface area contributed by atoms with E-state index in [1.807, 2.05) is 0 Å². The molecule has 0 fully saturated rings. The van der Waals surface area contributed by atoms with Crippen molar-refractivity contribution < 1.29 is 19.1 Å². The fourth-order valence-corrected chi connectivity index (χ4v) is 1.26. The molecule has 1 aromatic carbocycles. The van der Waals surface area contributed by atoms with Crippen LogP contribution in [-0.2, 0) is 4.79 Å². The topological polar surface area (TPSA) is 78.4 Å². The first-order chi connectivity index (χ1) is 8.54. The zero-order valence-corrected chi connectivity index (χ0v) is 9.57. The lowest BCUT2D eigenvalue weighted by Crippen LogP contribution is -2.28. The molecule has 3 N–H and O–H groups in total. The van der Waals surface area contributed by atoms with Gasteiger partial charge < -0.3 is 15.7 Å². The standard InChI is InChI=1S/C12H13FN2O3/c1-2-5-14-7-11(16)15-8-3-4-10(13)9(6-8)12(17)18/h2-4,6,14H,1,5,7H2,(H,15,16)(H,17,18). The molecule has 0 aliphatic heterocycles. The van der Waals surface area contributed by atoms with Crippen molar-refractivity contribution in [2.24, 2.45) is 0 Å². The van der Waals surface area contributed by atoms with E-state index in [9.17, 15) is 14.0 Å². The van der Waals surface area contributed by atoms with Crippen molar-refractivity contribution in [3.8, 4) is 0 Å². The summed E-state index contributed by atoms with van der Waals surface area (Å²) in [7, 11) is 0. The molecule has 0 aliphatic carbocycles. The van der Waals surface area contributed by atoms with Crippen LogP contribution in [0.1, 0.15) is 10.4 Å². The second kappa shape index (κ2) is 6.51. The molecule has 5 nitrogen and oxygen atoms in total. The summed E-state index contributed by atoms with van der Waals surface area (Å²) in [6.07, 6.45) is 1.60. The molecular formula is C12H13FN2O3. The number of aromatic carboxylic acids is 1. The number of nitrogens with one attached hydrogen (secondary N) is 2. The molecule has 0 saturated heterocycles. The molecule has 1 rings (SSSR count). The quantitative estimate of drug-likeness (QED) is 0.525. The number of halogens is 1. The van der Waals surface area contributed by atoms with Crippen molar-refractivity contribution in [1.29, 1.82) is 0 Å². The number of carboxylic acid groups (broad SMARTS) is 1. The van der Waals surface area contributed by atoms with Crippen LogP contribution in [0, 0.1) is 5.82 Å². The molecule has 0 bridgehead atoms. The number of benzene rings is 1. The molecule has 0 aromatic heterocycles. The van der Waals surface area contributed by atoms with Gasteiger partial charge in [0.2, 0.25) is 5.91 Å². The number of hydrogen-bond donors (Lipinski definition) is 3. The number of carboxylic acids is 1. The Hall–Kier alpha value is -2.21. The zero-order chi connectivity index (χ0) is 13.5. The second-order valence-electron chi connectivity index (χ2n) is 3.47. The van der Waals surface area contributed by atoms with E-state index in [-0.39, 0.29) is 18.1 Å². The largest absolute Gasteiger partial charge is 0.478 e. The van der Waals surface area contributed by atoms with Gasteiger partial charge in [0.1, 0.15) is 5.82 Å². The molecule has 6 heteroatoms. The van der Waals surface area contributed by atoms with Gasteiger partial charge in [-0.05, 0) is 18.2 Å². The SMILES string of the molecule is C=CCNCC(=O)Nc1ccc(F)c(C(=O)O)c1. The Balaban J connectivity index is 2.67. The van der Waals surface area contributed by atoms with Gasteiger partial charge in [0.15, 0.2) is 0 Å². The molecule has 1 aromatic rings. The number of anilines is 1. The van der Waals surface area contributed by atoms with Crippen LogP contribution < -0.4 is 10.6 Å². The molecule has 0 radical (unpaired) electrons. The second-order valence-corrected chi connectivity index (χ2v) is 3.47. The van der Waals surface area contributed by atoms with Gasteiger partial charge in [0.05, 0.1) is 12.1 Å². The summed E-state index contributed by atoms with van der Waals surface area (Å²) in [6.45, 7) is 4.03. The monoisotopic (exact) mass is 252 g/mol. The summed E-state index contributed by atoms with van der Waals surface area (Å²) in [5, 5.41) is 14.0. The summed E-state index contributed by atoms with van der Waals surface area (Å²) >= 11 is 0. The third kappa shape index (κ3) is 3.99. The maximum atomic E-state index is 13.1. The fourth-order valence-electron chi connectivity index (χ4n) is 1.26. The van der Waals surface area contributed by atoms with E-state index in [1.165, 1.54) is 6.07 Å². The lowest BCUT2D eigenvalue weighted by molar-refractivity contribution is -0.115. The fraction of sp³-hybridized carbons (Fsp3) is 0.167. The van der Waals surface area contributed by atoms with Crippen LogP contribution >= 0.6 is 0 Å². The van der Waals surface area contributed by atoms with Gasteiger partial charge >= 0.3 is 5.97 Å². The molecule has 0 spiro atoms. The van der Waals surface area contributed by atoms with Crippen LogP contribution in [0.25, 0.3) is 0 Å². The number of amides is 1. The average molecular weight is 252 g/mol. The van der Waals surface area contributed by atoms with Crippen molar-refractivity contribution in [2.75, 3.05) is 18.4 Å². The van der Waals surface area contributed by atoms with Crippen LogP contribution in [0.4, 0.5) is 10.1 Å². The van der Waals surface area contributed by atoms with Gasteiger partial charge in [-0.3, -0.25) is 4.79 Å². The summed E-state index contributed by atoms with van der Waals surface area (Å²) < 4.78 is 13.1. The molecule has 18 heavy (non-hydrogen) atoms. The predicted octanol–water partition coefficient (Wildman–Crippen LogP) is 1.24. The first-order valence-electron chi connectivity index (χ1n) is 5.19. The van der Waals surface area contributed by atoms with Gasteiger partial charge in [-0.25, -0.2) is 9.18 Å². The van der Waals surface area contributed by atoms with Crippen molar-refractivity contribution in [1.82, 2.24) is 5.32 Å². The Labute approximate surface area is 103 Å². The van der Waals surface area contributed by atoms with E-state index in [4.69, 9.17) is 5.11 Å².